The third kappa shape index (κ3) is 1.53. The van der Waals surface area contributed by atoms with Crippen LogP contribution >= 0.6 is 0 Å². The number of hydrogen-bond donors (Lipinski definition) is 0. The average molecular weight is 168 g/mol. The van der Waals surface area contributed by atoms with Crippen LogP contribution in [0.2, 0.25) is 0 Å². The molecule has 0 N–H and O–H groups in total. The molecule has 68 valence electrons. The Morgan fingerprint density at radius 3 is 2.42 bits per heavy atom. The van der Waals surface area contributed by atoms with Gasteiger partial charge >= 0.3 is 0 Å². The third-order valence-corrected chi connectivity index (χ3v) is 3.09. The maximum atomic E-state index is 11.8. The quantitative estimate of drug-likeness (QED) is 0.628. The van der Waals surface area contributed by atoms with Crippen molar-refractivity contribution in [2.24, 2.45) is 11.8 Å². The zero-order chi connectivity index (χ0) is 8.39. The summed E-state index contributed by atoms with van der Waals surface area (Å²) in [6, 6.07) is 0. The lowest BCUT2D eigenvalue weighted by Crippen LogP contribution is -2.21. The van der Waals surface area contributed by atoms with E-state index in [2.05, 4.69) is 0 Å². The highest BCUT2D eigenvalue weighted by atomic mass is 16.5. The van der Waals surface area contributed by atoms with Crippen LogP contribution in [0.3, 0.4) is 0 Å². The fourth-order valence-corrected chi connectivity index (χ4v) is 2.30. The highest BCUT2D eigenvalue weighted by Crippen LogP contribution is 2.30. The van der Waals surface area contributed by atoms with Crippen molar-refractivity contribution in [3.05, 3.63) is 0 Å². The Bertz CT molecular complexity index is 147. The van der Waals surface area contributed by atoms with Gasteiger partial charge < -0.3 is 4.74 Å². The summed E-state index contributed by atoms with van der Waals surface area (Å²) in [5.74, 6) is 1.12. The zero-order valence-electron chi connectivity index (χ0n) is 7.42. The molecule has 0 aromatic rings. The van der Waals surface area contributed by atoms with E-state index in [0.29, 0.717) is 18.3 Å². The Hall–Kier alpha value is -0.370. The van der Waals surface area contributed by atoms with E-state index >= 15 is 0 Å². The van der Waals surface area contributed by atoms with E-state index in [9.17, 15) is 4.79 Å². The molecule has 2 fully saturated rings. The van der Waals surface area contributed by atoms with E-state index in [1.807, 2.05) is 0 Å². The first-order valence-electron chi connectivity index (χ1n) is 4.99. The van der Waals surface area contributed by atoms with Gasteiger partial charge in [0.2, 0.25) is 0 Å². The van der Waals surface area contributed by atoms with Gasteiger partial charge in [-0.25, -0.2) is 0 Å². The van der Waals surface area contributed by atoms with Gasteiger partial charge in [0.05, 0.1) is 6.61 Å². The van der Waals surface area contributed by atoms with Gasteiger partial charge in [-0.2, -0.15) is 0 Å². The molecule has 1 saturated carbocycles. The molecule has 0 bridgehead atoms. The molecule has 1 aliphatic heterocycles. The normalized spacial score (nSPS) is 31.2. The van der Waals surface area contributed by atoms with Crippen molar-refractivity contribution in [2.75, 3.05) is 13.2 Å². The largest absolute Gasteiger partial charge is 0.381 e. The Morgan fingerprint density at radius 2 is 1.83 bits per heavy atom. The molecule has 0 spiro atoms. The number of hydrogen-bond acceptors (Lipinski definition) is 2. The SMILES string of the molecule is O=C(C1CCCC1)C1CCOC1. The molecule has 1 heterocycles. The van der Waals surface area contributed by atoms with Gasteiger partial charge in [-0.05, 0) is 19.3 Å². The molecule has 2 heteroatoms. The van der Waals surface area contributed by atoms with Crippen molar-refractivity contribution in [1.82, 2.24) is 0 Å². The van der Waals surface area contributed by atoms with Gasteiger partial charge in [0, 0.05) is 18.4 Å². The van der Waals surface area contributed by atoms with Crippen molar-refractivity contribution < 1.29 is 9.53 Å². The number of ether oxygens (including phenoxy) is 1. The number of carbonyl (C=O) groups is 1. The molecule has 0 aromatic heterocycles. The Balaban J connectivity index is 1.89. The lowest BCUT2D eigenvalue weighted by atomic mass is 9.91. The van der Waals surface area contributed by atoms with Crippen molar-refractivity contribution in [3.63, 3.8) is 0 Å². The topological polar surface area (TPSA) is 26.3 Å². The van der Waals surface area contributed by atoms with Crippen LogP contribution in [0.1, 0.15) is 32.1 Å². The van der Waals surface area contributed by atoms with E-state index in [0.717, 1.165) is 25.9 Å². The predicted octanol–water partition coefficient (Wildman–Crippen LogP) is 1.78. The molecule has 1 saturated heterocycles. The maximum Gasteiger partial charge on any atom is 0.141 e. The molecular formula is C10H16O2. The van der Waals surface area contributed by atoms with Crippen molar-refractivity contribution in [1.29, 1.82) is 0 Å². The minimum atomic E-state index is 0.244. The highest BCUT2D eigenvalue weighted by molar-refractivity contribution is 5.83. The van der Waals surface area contributed by atoms with Crippen molar-refractivity contribution in [2.45, 2.75) is 32.1 Å². The molecule has 2 nitrogen and oxygen atoms in total. The molecule has 12 heavy (non-hydrogen) atoms. The summed E-state index contributed by atoms with van der Waals surface area (Å²) >= 11 is 0. The fraction of sp³-hybridized carbons (Fsp3) is 0.900. The Morgan fingerprint density at radius 1 is 1.08 bits per heavy atom. The minimum Gasteiger partial charge on any atom is -0.381 e. The Kier molecular flexibility index (Phi) is 2.45. The van der Waals surface area contributed by atoms with Crippen LogP contribution in [0.4, 0.5) is 0 Å². The first kappa shape index (κ1) is 8.24. The van der Waals surface area contributed by atoms with Crippen molar-refractivity contribution >= 4 is 5.78 Å². The van der Waals surface area contributed by atoms with E-state index in [1.165, 1.54) is 12.8 Å². The molecule has 0 radical (unpaired) electrons. The summed E-state index contributed by atoms with van der Waals surface area (Å²) in [6.45, 7) is 1.48. The van der Waals surface area contributed by atoms with E-state index in [-0.39, 0.29) is 5.92 Å². The summed E-state index contributed by atoms with van der Waals surface area (Å²) in [5, 5.41) is 0. The number of rotatable bonds is 2. The summed E-state index contributed by atoms with van der Waals surface area (Å²) in [4.78, 5) is 11.8. The second kappa shape index (κ2) is 3.56. The van der Waals surface area contributed by atoms with Gasteiger partial charge in [0.15, 0.2) is 0 Å². The van der Waals surface area contributed by atoms with Crippen LogP contribution in [-0.4, -0.2) is 19.0 Å². The minimum absolute atomic E-state index is 0.244. The van der Waals surface area contributed by atoms with Crippen LogP contribution in [-0.2, 0) is 9.53 Å². The van der Waals surface area contributed by atoms with E-state index < -0.39 is 0 Å². The van der Waals surface area contributed by atoms with E-state index in [1.54, 1.807) is 0 Å². The number of carbonyl (C=O) groups excluding carboxylic acids is 1. The second-order valence-corrected chi connectivity index (χ2v) is 3.94. The predicted molar refractivity (Wildman–Crippen MR) is 45.9 cm³/mol. The molecule has 1 unspecified atom stereocenters. The van der Waals surface area contributed by atoms with Crippen LogP contribution in [0.25, 0.3) is 0 Å². The lowest BCUT2D eigenvalue weighted by Gasteiger charge is -2.11. The average Bonchev–Trinajstić information content (AvgIpc) is 2.77. The lowest BCUT2D eigenvalue weighted by molar-refractivity contribution is -0.126. The molecule has 1 aliphatic carbocycles. The maximum absolute atomic E-state index is 11.8. The van der Waals surface area contributed by atoms with Gasteiger partial charge in [-0.1, -0.05) is 12.8 Å². The Labute approximate surface area is 73.3 Å². The van der Waals surface area contributed by atoms with Crippen LogP contribution in [0.15, 0.2) is 0 Å². The fourth-order valence-electron chi connectivity index (χ4n) is 2.30. The molecule has 0 aromatic carbocycles. The zero-order valence-corrected chi connectivity index (χ0v) is 7.42. The molecule has 0 amide bonds. The van der Waals surface area contributed by atoms with Gasteiger partial charge in [0.25, 0.3) is 0 Å². The summed E-state index contributed by atoms with van der Waals surface area (Å²) in [7, 11) is 0. The summed E-state index contributed by atoms with van der Waals surface area (Å²) < 4.78 is 5.22. The van der Waals surface area contributed by atoms with Gasteiger partial charge in [0.1, 0.15) is 5.78 Å². The summed E-state index contributed by atoms with van der Waals surface area (Å²) in [6.07, 6.45) is 5.74. The standard InChI is InChI=1S/C10H16O2/c11-10(8-3-1-2-4-8)9-5-6-12-7-9/h8-9H,1-7H2. The smallest absolute Gasteiger partial charge is 0.141 e. The highest BCUT2D eigenvalue weighted by Gasteiger charge is 2.31. The monoisotopic (exact) mass is 168 g/mol. The van der Waals surface area contributed by atoms with Gasteiger partial charge in [-0.3, -0.25) is 4.79 Å². The van der Waals surface area contributed by atoms with Crippen LogP contribution in [0.5, 0.6) is 0 Å². The first-order chi connectivity index (χ1) is 5.88. The molecule has 1 atom stereocenters. The van der Waals surface area contributed by atoms with Gasteiger partial charge in [-0.15, -0.1) is 0 Å². The summed E-state index contributed by atoms with van der Waals surface area (Å²) in [5.41, 5.74) is 0. The third-order valence-electron chi connectivity index (χ3n) is 3.09. The van der Waals surface area contributed by atoms with Crippen molar-refractivity contribution in [3.8, 4) is 0 Å². The second-order valence-electron chi connectivity index (χ2n) is 3.94. The molecule has 2 rings (SSSR count). The van der Waals surface area contributed by atoms with Crippen LogP contribution in [0, 0.1) is 11.8 Å². The first-order valence-corrected chi connectivity index (χ1v) is 4.99. The molecular weight excluding hydrogens is 152 g/mol. The molecule has 2 aliphatic rings. The number of Topliss-reactive ketones (excluding diaryl/α,β-unsaturated/α-hetero) is 1. The van der Waals surface area contributed by atoms with E-state index in [4.69, 9.17) is 4.74 Å². The number of ketones is 1. The van der Waals surface area contributed by atoms with Crippen LogP contribution < -0.4 is 0 Å².